The fraction of sp³-hybridized carbons (Fsp3) is 0.476. The fourth-order valence-electron chi connectivity index (χ4n) is 3.27. The van der Waals surface area contributed by atoms with Crippen LogP contribution in [0, 0.1) is 5.92 Å². The molecule has 2 rings (SSSR count). The largest absolute Gasteiger partial charge is 0.467 e. The van der Waals surface area contributed by atoms with Crippen LogP contribution in [-0.2, 0) is 16.6 Å². The van der Waals surface area contributed by atoms with Crippen LogP contribution in [0.5, 0.6) is 0 Å². The molecule has 0 spiro atoms. The molecule has 29 heavy (non-hydrogen) atoms. The standard InChI is InChI=1S/C21H29ClN2O4S/c1-13(2)21(25)17-10-20(29(26,27)24(14(3)4)15(5)6)18(22)11-19(17)23-12-16-8-7-9-28-16/h7-11,13-15,23H,12H2,1-6H3. The quantitative estimate of drug-likeness (QED) is 0.542. The van der Waals surface area contributed by atoms with E-state index < -0.39 is 10.0 Å². The Hall–Kier alpha value is -1.83. The summed E-state index contributed by atoms with van der Waals surface area (Å²) in [5.41, 5.74) is 0.770. The van der Waals surface area contributed by atoms with Gasteiger partial charge in [0.2, 0.25) is 10.0 Å². The van der Waals surface area contributed by atoms with Crippen molar-refractivity contribution in [2.75, 3.05) is 5.32 Å². The Bertz CT molecular complexity index is 943. The van der Waals surface area contributed by atoms with Crippen molar-refractivity contribution < 1.29 is 17.6 Å². The normalized spacial score (nSPS) is 12.4. The molecule has 1 aromatic carbocycles. The highest BCUT2D eigenvalue weighted by atomic mass is 35.5. The second-order valence-corrected chi connectivity index (χ2v) is 10.0. The van der Waals surface area contributed by atoms with Crippen LogP contribution in [0.1, 0.15) is 57.7 Å². The highest BCUT2D eigenvalue weighted by molar-refractivity contribution is 7.89. The number of benzene rings is 1. The fourth-order valence-corrected chi connectivity index (χ4v) is 5.64. The lowest BCUT2D eigenvalue weighted by Crippen LogP contribution is -2.42. The lowest BCUT2D eigenvalue weighted by atomic mass is 9.99. The van der Waals surface area contributed by atoms with E-state index in [1.165, 1.54) is 16.4 Å². The molecule has 0 unspecified atom stereocenters. The van der Waals surface area contributed by atoms with Crippen molar-refractivity contribution >= 4 is 33.1 Å². The van der Waals surface area contributed by atoms with Crippen LogP contribution in [-0.4, -0.2) is 30.6 Å². The molecule has 1 N–H and O–H groups in total. The van der Waals surface area contributed by atoms with E-state index >= 15 is 0 Å². The molecule has 0 fully saturated rings. The van der Waals surface area contributed by atoms with Crippen LogP contribution in [0.4, 0.5) is 5.69 Å². The van der Waals surface area contributed by atoms with Crippen molar-refractivity contribution in [3.8, 4) is 0 Å². The molecule has 1 heterocycles. The molecule has 0 bridgehead atoms. The monoisotopic (exact) mass is 440 g/mol. The molecule has 0 saturated heterocycles. The number of hydrogen-bond donors (Lipinski definition) is 1. The van der Waals surface area contributed by atoms with Crippen LogP contribution in [0.25, 0.3) is 0 Å². The zero-order valence-corrected chi connectivity index (χ0v) is 19.3. The zero-order chi connectivity index (χ0) is 21.9. The van der Waals surface area contributed by atoms with Gasteiger partial charge in [-0.15, -0.1) is 0 Å². The van der Waals surface area contributed by atoms with Crippen molar-refractivity contribution in [3.05, 3.63) is 46.9 Å². The Morgan fingerprint density at radius 3 is 2.24 bits per heavy atom. The van der Waals surface area contributed by atoms with Gasteiger partial charge in [-0.2, -0.15) is 4.31 Å². The van der Waals surface area contributed by atoms with Gasteiger partial charge < -0.3 is 9.73 Å². The molecule has 1 aromatic heterocycles. The first-order chi connectivity index (χ1) is 13.5. The van der Waals surface area contributed by atoms with Gasteiger partial charge in [0.05, 0.1) is 17.8 Å². The van der Waals surface area contributed by atoms with E-state index in [2.05, 4.69) is 5.32 Å². The highest BCUT2D eigenvalue weighted by Crippen LogP contribution is 2.33. The van der Waals surface area contributed by atoms with Crippen molar-refractivity contribution in [2.24, 2.45) is 5.92 Å². The number of furan rings is 1. The molecule has 6 nitrogen and oxygen atoms in total. The van der Waals surface area contributed by atoms with E-state index in [1.807, 2.05) is 27.7 Å². The Morgan fingerprint density at radius 1 is 1.14 bits per heavy atom. The number of sulfonamides is 1. The minimum atomic E-state index is -3.88. The number of nitrogens with one attached hydrogen (secondary N) is 1. The molecule has 0 atom stereocenters. The van der Waals surface area contributed by atoms with Crippen molar-refractivity contribution in [1.29, 1.82) is 0 Å². The van der Waals surface area contributed by atoms with Crippen molar-refractivity contribution in [3.63, 3.8) is 0 Å². The van der Waals surface area contributed by atoms with Gasteiger partial charge in [-0.3, -0.25) is 4.79 Å². The van der Waals surface area contributed by atoms with E-state index in [0.717, 1.165) is 0 Å². The number of carbonyl (C=O) groups is 1. The van der Waals surface area contributed by atoms with E-state index in [-0.39, 0.29) is 33.7 Å². The summed E-state index contributed by atoms with van der Waals surface area (Å²) in [4.78, 5) is 12.8. The molecular formula is C21H29ClN2O4S. The summed E-state index contributed by atoms with van der Waals surface area (Å²) in [5.74, 6) is 0.217. The summed E-state index contributed by atoms with van der Waals surface area (Å²) in [7, 11) is -3.88. The van der Waals surface area contributed by atoms with Gasteiger partial charge in [0.15, 0.2) is 5.78 Å². The first-order valence-electron chi connectivity index (χ1n) is 9.64. The Balaban J connectivity index is 2.57. The van der Waals surface area contributed by atoms with E-state index in [9.17, 15) is 13.2 Å². The number of carbonyl (C=O) groups excluding carboxylic acids is 1. The van der Waals surface area contributed by atoms with Crippen LogP contribution in [0.15, 0.2) is 39.8 Å². The molecule has 0 amide bonds. The topological polar surface area (TPSA) is 79.6 Å². The first kappa shape index (κ1) is 23.4. The number of halogens is 1. The second-order valence-electron chi connectivity index (χ2n) is 7.80. The molecule has 2 aromatic rings. The zero-order valence-electron chi connectivity index (χ0n) is 17.7. The summed E-state index contributed by atoms with van der Waals surface area (Å²) in [6.45, 7) is 11.1. The third-order valence-electron chi connectivity index (χ3n) is 4.47. The van der Waals surface area contributed by atoms with Gasteiger partial charge in [-0.05, 0) is 52.0 Å². The van der Waals surface area contributed by atoms with Gasteiger partial charge in [0.25, 0.3) is 0 Å². The van der Waals surface area contributed by atoms with Crippen LogP contribution in [0.3, 0.4) is 0 Å². The summed E-state index contributed by atoms with van der Waals surface area (Å²) in [6.07, 6.45) is 1.56. The maximum atomic E-state index is 13.3. The summed E-state index contributed by atoms with van der Waals surface area (Å²) >= 11 is 6.40. The molecular weight excluding hydrogens is 412 g/mol. The van der Waals surface area contributed by atoms with Gasteiger partial charge in [0.1, 0.15) is 10.7 Å². The Labute approximate surface area is 178 Å². The van der Waals surface area contributed by atoms with E-state index in [4.69, 9.17) is 16.0 Å². The predicted molar refractivity (Wildman–Crippen MR) is 116 cm³/mol. The Kier molecular flexibility index (Phi) is 7.54. The average Bonchev–Trinajstić information content (AvgIpc) is 3.11. The number of hydrogen-bond acceptors (Lipinski definition) is 5. The third kappa shape index (κ3) is 5.21. The molecule has 0 saturated carbocycles. The maximum absolute atomic E-state index is 13.3. The number of rotatable bonds is 9. The summed E-state index contributed by atoms with van der Waals surface area (Å²) in [6, 6.07) is 5.97. The smallest absolute Gasteiger partial charge is 0.245 e. The number of anilines is 1. The summed E-state index contributed by atoms with van der Waals surface area (Å²) < 4.78 is 33.4. The third-order valence-corrected chi connectivity index (χ3v) is 7.19. The van der Waals surface area contributed by atoms with E-state index in [0.29, 0.717) is 23.6 Å². The molecule has 0 aliphatic carbocycles. The van der Waals surface area contributed by atoms with Crippen LogP contribution < -0.4 is 5.32 Å². The van der Waals surface area contributed by atoms with Gasteiger partial charge in [-0.25, -0.2) is 8.42 Å². The minimum Gasteiger partial charge on any atom is -0.467 e. The van der Waals surface area contributed by atoms with Crippen LogP contribution >= 0.6 is 11.6 Å². The van der Waals surface area contributed by atoms with Crippen molar-refractivity contribution in [2.45, 2.75) is 65.1 Å². The lowest BCUT2D eigenvalue weighted by Gasteiger charge is -2.30. The molecule has 160 valence electrons. The maximum Gasteiger partial charge on any atom is 0.245 e. The predicted octanol–water partition coefficient (Wildman–Crippen LogP) is 5.19. The first-order valence-corrected chi connectivity index (χ1v) is 11.5. The van der Waals surface area contributed by atoms with E-state index in [1.54, 1.807) is 32.2 Å². The highest BCUT2D eigenvalue weighted by Gasteiger charge is 2.33. The average molecular weight is 441 g/mol. The SMILES string of the molecule is CC(C)C(=O)c1cc(S(=O)(=O)N(C(C)C)C(C)C)c(Cl)cc1NCc1ccco1. The minimum absolute atomic E-state index is 0.0610. The molecule has 0 aliphatic heterocycles. The Morgan fingerprint density at radius 2 is 1.76 bits per heavy atom. The van der Waals surface area contributed by atoms with Crippen LogP contribution in [0.2, 0.25) is 5.02 Å². The molecule has 0 radical (unpaired) electrons. The van der Waals surface area contributed by atoms with Crippen molar-refractivity contribution in [1.82, 2.24) is 4.31 Å². The molecule has 0 aliphatic rings. The second kappa shape index (κ2) is 9.32. The number of ketones is 1. The number of Topliss-reactive ketones (excluding diaryl/α,β-unsaturated/α-hetero) is 1. The summed E-state index contributed by atoms with van der Waals surface area (Å²) in [5, 5.41) is 3.21. The van der Waals surface area contributed by atoms with Gasteiger partial charge in [0, 0.05) is 29.3 Å². The number of nitrogens with zero attached hydrogens (tertiary/aromatic N) is 1. The lowest BCUT2D eigenvalue weighted by molar-refractivity contribution is 0.0940. The van der Waals surface area contributed by atoms with Gasteiger partial charge in [-0.1, -0.05) is 25.4 Å². The van der Waals surface area contributed by atoms with Gasteiger partial charge >= 0.3 is 0 Å². The molecule has 8 heteroatoms.